The highest BCUT2D eigenvalue weighted by molar-refractivity contribution is 6.04. The number of fused-ring (bicyclic) bond motifs is 1. The molecule has 0 bridgehead atoms. The summed E-state index contributed by atoms with van der Waals surface area (Å²) >= 11 is 0. The number of nitrogen functional groups attached to an aromatic ring is 1. The van der Waals surface area contributed by atoms with Crippen molar-refractivity contribution < 1.29 is 36.6 Å². The lowest BCUT2D eigenvalue weighted by Gasteiger charge is -2.32. The number of hydrogen-bond acceptors (Lipinski definition) is 8. The maximum absolute atomic E-state index is 15.5. The molecule has 15 heteroatoms. The first-order valence-electron chi connectivity index (χ1n) is 12.2. The summed E-state index contributed by atoms with van der Waals surface area (Å²) in [7, 11) is 1.42. The number of alkyl halides is 3. The third-order valence-corrected chi connectivity index (χ3v) is 6.40. The Morgan fingerprint density at radius 1 is 1.20 bits per heavy atom. The number of carbonyl (C=O) groups excluding carboxylic acids is 2. The van der Waals surface area contributed by atoms with Crippen LogP contribution in [0.25, 0.3) is 16.8 Å². The first-order chi connectivity index (χ1) is 19.6. The Bertz CT molecular complexity index is 1630. The zero-order valence-corrected chi connectivity index (χ0v) is 21.5. The van der Waals surface area contributed by atoms with Crippen LogP contribution in [-0.4, -0.2) is 69.5 Å². The zero-order valence-electron chi connectivity index (χ0n) is 21.5. The van der Waals surface area contributed by atoms with Gasteiger partial charge >= 0.3 is 6.18 Å². The number of imidazole rings is 1. The van der Waals surface area contributed by atoms with Crippen molar-refractivity contribution in [3.05, 3.63) is 71.7 Å². The predicted octanol–water partition coefficient (Wildman–Crippen LogP) is 3.33. The molecule has 214 valence electrons. The normalized spacial score (nSPS) is 15.7. The molecule has 3 N–H and O–H groups in total. The van der Waals surface area contributed by atoms with E-state index in [4.69, 9.17) is 15.2 Å². The van der Waals surface area contributed by atoms with Gasteiger partial charge in [-0.3, -0.25) is 14.0 Å². The average Bonchev–Trinajstić information content (AvgIpc) is 3.33. The van der Waals surface area contributed by atoms with E-state index >= 15 is 4.39 Å². The zero-order chi connectivity index (χ0) is 29.3. The van der Waals surface area contributed by atoms with Crippen molar-refractivity contribution in [3.63, 3.8) is 0 Å². The van der Waals surface area contributed by atoms with Crippen LogP contribution in [-0.2, 0) is 20.4 Å². The van der Waals surface area contributed by atoms with Gasteiger partial charge in [-0.05, 0) is 30.3 Å². The van der Waals surface area contributed by atoms with Crippen molar-refractivity contribution in [2.24, 2.45) is 0 Å². The van der Waals surface area contributed by atoms with E-state index < -0.39 is 29.6 Å². The van der Waals surface area contributed by atoms with E-state index in [1.807, 2.05) is 0 Å². The van der Waals surface area contributed by atoms with E-state index in [1.54, 1.807) is 15.5 Å². The maximum atomic E-state index is 15.5. The summed E-state index contributed by atoms with van der Waals surface area (Å²) in [5, 5.41) is 2.24. The molecule has 0 unspecified atom stereocenters. The van der Waals surface area contributed by atoms with Crippen molar-refractivity contribution in [2.75, 3.05) is 44.5 Å². The molecule has 1 atom stereocenters. The number of rotatable bonds is 6. The van der Waals surface area contributed by atoms with E-state index in [0.717, 1.165) is 18.3 Å². The second-order valence-electron chi connectivity index (χ2n) is 9.06. The van der Waals surface area contributed by atoms with E-state index in [2.05, 4.69) is 20.3 Å². The molecule has 1 saturated heterocycles. The van der Waals surface area contributed by atoms with Crippen molar-refractivity contribution in [2.45, 2.75) is 12.3 Å². The van der Waals surface area contributed by atoms with Crippen LogP contribution in [0.1, 0.15) is 27.8 Å². The van der Waals surface area contributed by atoms with Crippen molar-refractivity contribution >= 4 is 29.0 Å². The molecule has 1 aliphatic heterocycles. The summed E-state index contributed by atoms with van der Waals surface area (Å²) in [5.41, 5.74) is 5.39. The van der Waals surface area contributed by atoms with Crippen molar-refractivity contribution in [3.8, 4) is 11.3 Å². The smallest absolute Gasteiger partial charge is 0.382 e. The number of morpholine rings is 1. The number of pyridine rings is 1. The molecule has 4 heterocycles. The Kier molecular flexibility index (Phi) is 7.55. The van der Waals surface area contributed by atoms with Gasteiger partial charge in [0.25, 0.3) is 5.91 Å². The minimum absolute atomic E-state index is 0.00896. The van der Waals surface area contributed by atoms with E-state index in [9.17, 15) is 22.8 Å². The SMILES string of the molecule is COCC(=O)N1CCO[C@@H](c2nc(-c3ccc(C(=O)Nc4cc(C(F)(F)F)ccn4)cc3F)c3c(N)nccn23)C1. The molecule has 0 spiro atoms. The van der Waals surface area contributed by atoms with Gasteiger partial charge in [0.2, 0.25) is 5.91 Å². The summed E-state index contributed by atoms with van der Waals surface area (Å²) < 4.78 is 66.9. The quantitative estimate of drug-likeness (QED) is 0.335. The van der Waals surface area contributed by atoms with Crippen molar-refractivity contribution in [1.82, 2.24) is 24.3 Å². The van der Waals surface area contributed by atoms with E-state index in [-0.39, 0.29) is 59.6 Å². The molecule has 11 nitrogen and oxygen atoms in total. The Morgan fingerprint density at radius 3 is 2.73 bits per heavy atom. The minimum atomic E-state index is -4.63. The second kappa shape index (κ2) is 11.1. The first-order valence-corrected chi connectivity index (χ1v) is 12.2. The number of aromatic nitrogens is 4. The molecule has 1 aliphatic rings. The molecule has 0 aliphatic carbocycles. The lowest BCUT2D eigenvalue weighted by Crippen LogP contribution is -2.44. The summed E-state index contributed by atoms with van der Waals surface area (Å²) in [6.07, 6.45) is -1.36. The molecule has 4 aromatic rings. The molecule has 2 amide bonds. The van der Waals surface area contributed by atoms with Gasteiger partial charge < -0.3 is 25.4 Å². The molecule has 0 saturated carbocycles. The van der Waals surface area contributed by atoms with Crippen LogP contribution < -0.4 is 11.1 Å². The fourth-order valence-electron chi connectivity index (χ4n) is 4.46. The highest BCUT2D eigenvalue weighted by atomic mass is 19.4. The van der Waals surface area contributed by atoms with Gasteiger partial charge in [0, 0.05) is 43.4 Å². The lowest BCUT2D eigenvalue weighted by molar-refractivity contribution is -0.143. The molecule has 0 radical (unpaired) electrons. The topological polar surface area (TPSA) is 137 Å². The number of carbonyl (C=O) groups is 2. The van der Waals surface area contributed by atoms with Gasteiger partial charge in [0.15, 0.2) is 0 Å². The van der Waals surface area contributed by atoms with Crippen LogP contribution in [0.4, 0.5) is 29.2 Å². The van der Waals surface area contributed by atoms with Crippen LogP contribution in [0.3, 0.4) is 0 Å². The van der Waals surface area contributed by atoms with Crippen LogP contribution >= 0.6 is 0 Å². The van der Waals surface area contributed by atoms with Gasteiger partial charge in [-0.1, -0.05) is 0 Å². The van der Waals surface area contributed by atoms with Gasteiger partial charge in [-0.15, -0.1) is 0 Å². The number of hydrogen-bond donors (Lipinski definition) is 2. The fourth-order valence-corrected chi connectivity index (χ4v) is 4.46. The summed E-state index contributed by atoms with van der Waals surface area (Å²) in [5.74, 6) is -1.86. The average molecular weight is 574 g/mol. The van der Waals surface area contributed by atoms with Crippen molar-refractivity contribution in [1.29, 1.82) is 0 Å². The van der Waals surface area contributed by atoms with Gasteiger partial charge in [-0.25, -0.2) is 19.3 Å². The van der Waals surface area contributed by atoms with Gasteiger partial charge in [0.1, 0.15) is 47.2 Å². The number of nitrogens with zero attached hydrogens (tertiary/aromatic N) is 5. The number of benzene rings is 1. The molecule has 41 heavy (non-hydrogen) atoms. The number of nitrogens with one attached hydrogen (secondary N) is 1. The summed E-state index contributed by atoms with van der Waals surface area (Å²) in [6, 6.07) is 4.97. The van der Waals surface area contributed by atoms with Gasteiger partial charge in [0.05, 0.1) is 18.7 Å². The standard InChI is InChI=1S/C26H23F4N7O4/c1-40-13-20(38)36-8-9-41-18(12-36)24-35-21(22-23(31)33-6-7-37(22)24)16-3-2-14(10-17(16)27)25(39)34-19-11-15(4-5-32-19)26(28,29)30/h2-7,10-11,18H,8-9,12-13H2,1H3,(H2,31,33)(H,32,34,39)/t18-/m1/s1. The molecular formula is C26H23F4N7O4. The minimum Gasteiger partial charge on any atom is -0.382 e. The first kappa shape index (κ1) is 27.9. The van der Waals surface area contributed by atoms with Crippen LogP contribution in [0.2, 0.25) is 0 Å². The molecular weight excluding hydrogens is 550 g/mol. The number of amides is 2. The molecule has 1 fully saturated rings. The Balaban J connectivity index is 1.46. The van der Waals surface area contributed by atoms with Crippen LogP contribution in [0.5, 0.6) is 0 Å². The van der Waals surface area contributed by atoms with E-state index in [0.29, 0.717) is 18.4 Å². The third kappa shape index (κ3) is 5.67. The number of nitrogens with two attached hydrogens (primary N) is 1. The number of halogens is 4. The second-order valence-corrected chi connectivity index (χ2v) is 9.06. The molecule has 1 aromatic carbocycles. The monoisotopic (exact) mass is 573 g/mol. The summed E-state index contributed by atoms with van der Waals surface area (Å²) in [4.78, 5) is 39.1. The Morgan fingerprint density at radius 2 is 2.00 bits per heavy atom. The Labute approximate surface area is 229 Å². The highest BCUT2D eigenvalue weighted by Gasteiger charge is 2.32. The number of methoxy groups -OCH3 is 1. The van der Waals surface area contributed by atoms with E-state index in [1.165, 1.54) is 25.4 Å². The van der Waals surface area contributed by atoms with Crippen LogP contribution in [0.15, 0.2) is 48.9 Å². The third-order valence-electron chi connectivity index (χ3n) is 6.40. The molecule has 5 rings (SSSR count). The molecule has 3 aromatic heterocycles. The predicted molar refractivity (Wildman–Crippen MR) is 137 cm³/mol. The summed E-state index contributed by atoms with van der Waals surface area (Å²) in [6.45, 7) is 0.691. The number of ether oxygens (including phenoxy) is 2. The highest BCUT2D eigenvalue weighted by Crippen LogP contribution is 2.34. The largest absolute Gasteiger partial charge is 0.416 e. The maximum Gasteiger partial charge on any atom is 0.416 e. The van der Waals surface area contributed by atoms with Crippen LogP contribution in [0, 0.1) is 5.82 Å². The Hall–Kier alpha value is -4.63. The van der Waals surface area contributed by atoms with Gasteiger partial charge in [-0.2, -0.15) is 13.2 Å². The lowest BCUT2D eigenvalue weighted by atomic mass is 10.1. The fraction of sp³-hybridized carbons (Fsp3) is 0.269. The number of anilines is 2.